The first-order chi connectivity index (χ1) is 12.3. The average molecular weight is 326 g/mol. The lowest BCUT2D eigenvalue weighted by Gasteiger charge is -2.10. The Balaban J connectivity index is 1.69. The molecule has 0 aliphatic heterocycles. The van der Waals surface area contributed by atoms with Crippen molar-refractivity contribution in [3.63, 3.8) is 0 Å². The summed E-state index contributed by atoms with van der Waals surface area (Å²) in [5.74, 6) is 1.29. The van der Waals surface area contributed by atoms with Crippen molar-refractivity contribution in [2.24, 2.45) is 0 Å². The molecule has 0 unspecified atom stereocenters. The van der Waals surface area contributed by atoms with Crippen LogP contribution in [0.1, 0.15) is 16.8 Å². The van der Waals surface area contributed by atoms with Crippen molar-refractivity contribution >= 4 is 11.5 Å². The number of nitriles is 2. The molecular weight excluding hydrogens is 312 g/mol. The minimum Gasteiger partial charge on any atom is -0.489 e. The molecular formula is C20H14N4O. The van der Waals surface area contributed by atoms with E-state index in [1.807, 2.05) is 42.5 Å². The smallest absolute Gasteiger partial charge is 0.142 e. The molecule has 0 fully saturated rings. The highest BCUT2D eigenvalue weighted by atomic mass is 16.5. The van der Waals surface area contributed by atoms with Crippen LogP contribution in [-0.2, 0) is 6.61 Å². The highest BCUT2D eigenvalue weighted by Crippen LogP contribution is 2.21. The Morgan fingerprint density at radius 3 is 2.60 bits per heavy atom. The second-order valence-electron chi connectivity index (χ2n) is 5.27. The third-order valence-electron chi connectivity index (χ3n) is 3.43. The largest absolute Gasteiger partial charge is 0.489 e. The van der Waals surface area contributed by atoms with Crippen LogP contribution >= 0.6 is 0 Å². The number of pyridine rings is 1. The van der Waals surface area contributed by atoms with Gasteiger partial charge in [0.05, 0.1) is 11.6 Å². The molecule has 3 aromatic rings. The maximum Gasteiger partial charge on any atom is 0.142 e. The number of nitrogens with zero attached hydrogens (tertiary/aromatic N) is 3. The molecule has 5 heteroatoms. The van der Waals surface area contributed by atoms with Gasteiger partial charge in [-0.15, -0.1) is 0 Å². The molecule has 2 aromatic carbocycles. The maximum absolute atomic E-state index is 8.94. The van der Waals surface area contributed by atoms with Gasteiger partial charge in [0, 0.05) is 11.8 Å². The molecule has 0 saturated carbocycles. The Hall–Kier alpha value is -3.83. The molecule has 0 spiro atoms. The first kappa shape index (κ1) is 16.0. The number of rotatable bonds is 5. The van der Waals surface area contributed by atoms with Crippen LogP contribution in [0.25, 0.3) is 0 Å². The minimum atomic E-state index is 0.356. The van der Waals surface area contributed by atoms with E-state index in [2.05, 4.69) is 16.4 Å². The van der Waals surface area contributed by atoms with Crippen LogP contribution in [-0.4, -0.2) is 4.98 Å². The molecule has 1 heterocycles. The average Bonchev–Trinajstić information content (AvgIpc) is 2.67. The quantitative estimate of drug-likeness (QED) is 0.761. The van der Waals surface area contributed by atoms with Crippen molar-refractivity contribution in [2.75, 3.05) is 5.32 Å². The highest BCUT2D eigenvalue weighted by molar-refractivity contribution is 5.58. The number of benzene rings is 2. The van der Waals surface area contributed by atoms with Crippen molar-refractivity contribution in [1.29, 1.82) is 10.5 Å². The summed E-state index contributed by atoms with van der Waals surface area (Å²) in [5, 5.41) is 21.0. The molecule has 0 radical (unpaired) electrons. The monoisotopic (exact) mass is 326 g/mol. The summed E-state index contributed by atoms with van der Waals surface area (Å²) in [6, 6.07) is 24.1. The van der Waals surface area contributed by atoms with Crippen molar-refractivity contribution in [3.05, 3.63) is 83.6 Å². The number of hydrogen-bond donors (Lipinski definition) is 1. The lowest BCUT2D eigenvalue weighted by atomic mass is 10.1. The summed E-state index contributed by atoms with van der Waals surface area (Å²) >= 11 is 0. The molecule has 120 valence electrons. The summed E-state index contributed by atoms with van der Waals surface area (Å²) < 4.78 is 5.79. The van der Waals surface area contributed by atoms with Crippen LogP contribution in [0.3, 0.4) is 0 Å². The molecule has 0 saturated heterocycles. The molecule has 1 N–H and O–H groups in total. The Morgan fingerprint density at radius 2 is 1.76 bits per heavy atom. The maximum atomic E-state index is 8.94. The number of ether oxygens (including phenoxy) is 1. The van der Waals surface area contributed by atoms with E-state index in [0.29, 0.717) is 29.4 Å². The van der Waals surface area contributed by atoms with E-state index in [4.69, 9.17) is 15.3 Å². The normalized spacial score (nSPS) is 9.68. The molecule has 25 heavy (non-hydrogen) atoms. The van der Waals surface area contributed by atoms with Crippen LogP contribution in [0, 0.1) is 22.7 Å². The van der Waals surface area contributed by atoms with Crippen LogP contribution in [0.2, 0.25) is 0 Å². The predicted octanol–water partition coefficient (Wildman–Crippen LogP) is 4.15. The number of anilines is 2. The van der Waals surface area contributed by atoms with Crippen molar-refractivity contribution < 1.29 is 4.74 Å². The molecule has 3 rings (SSSR count). The van der Waals surface area contributed by atoms with E-state index in [-0.39, 0.29) is 0 Å². The van der Waals surface area contributed by atoms with Gasteiger partial charge in [0.25, 0.3) is 0 Å². The Bertz CT molecular complexity index is 970. The second-order valence-corrected chi connectivity index (χ2v) is 5.27. The van der Waals surface area contributed by atoms with Gasteiger partial charge in [-0.25, -0.2) is 4.98 Å². The van der Waals surface area contributed by atoms with Gasteiger partial charge in [-0.3, -0.25) is 0 Å². The fraction of sp³-hybridized carbons (Fsp3) is 0.0500. The summed E-state index contributed by atoms with van der Waals surface area (Å²) in [6.07, 6.45) is 0. The highest BCUT2D eigenvalue weighted by Gasteiger charge is 2.02. The Kier molecular flexibility index (Phi) is 4.90. The van der Waals surface area contributed by atoms with Gasteiger partial charge in [0.15, 0.2) is 0 Å². The van der Waals surface area contributed by atoms with Crippen molar-refractivity contribution in [2.45, 2.75) is 6.61 Å². The van der Waals surface area contributed by atoms with Crippen molar-refractivity contribution in [1.82, 2.24) is 4.98 Å². The van der Waals surface area contributed by atoms with E-state index in [1.165, 1.54) is 0 Å². The Morgan fingerprint density at radius 1 is 0.920 bits per heavy atom. The molecule has 1 aromatic heterocycles. The summed E-state index contributed by atoms with van der Waals surface area (Å²) in [7, 11) is 0. The molecule has 0 bridgehead atoms. The lowest BCUT2D eigenvalue weighted by molar-refractivity contribution is 0.306. The van der Waals surface area contributed by atoms with E-state index in [9.17, 15) is 0 Å². The Labute approximate surface area is 145 Å². The summed E-state index contributed by atoms with van der Waals surface area (Å²) in [4.78, 5) is 4.19. The lowest BCUT2D eigenvalue weighted by Crippen LogP contribution is -1.98. The third-order valence-corrected chi connectivity index (χ3v) is 3.43. The summed E-state index contributed by atoms with van der Waals surface area (Å²) in [6.45, 7) is 0.376. The third kappa shape index (κ3) is 4.34. The second kappa shape index (κ2) is 7.63. The molecule has 0 amide bonds. The molecule has 0 atom stereocenters. The van der Waals surface area contributed by atoms with Crippen LogP contribution in [0.4, 0.5) is 11.5 Å². The van der Waals surface area contributed by atoms with E-state index < -0.39 is 0 Å². The fourth-order valence-corrected chi connectivity index (χ4v) is 2.28. The van der Waals surface area contributed by atoms with E-state index in [1.54, 1.807) is 30.3 Å². The van der Waals surface area contributed by atoms with Gasteiger partial charge in [-0.2, -0.15) is 10.5 Å². The first-order valence-corrected chi connectivity index (χ1v) is 7.63. The fourth-order valence-electron chi connectivity index (χ4n) is 2.28. The van der Waals surface area contributed by atoms with Gasteiger partial charge >= 0.3 is 0 Å². The number of hydrogen-bond acceptors (Lipinski definition) is 5. The SMILES string of the molecule is N#Cc1cccc(COc2cccc(Nc3cccc(C#N)n3)c2)c1. The molecule has 5 nitrogen and oxygen atoms in total. The minimum absolute atomic E-state index is 0.356. The van der Waals surface area contributed by atoms with Gasteiger partial charge in [-0.05, 0) is 42.0 Å². The number of aromatic nitrogens is 1. The predicted molar refractivity (Wildman–Crippen MR) is 94.2 cm³/mol. The van der Waals surface area contributed by atoms with E-state index in [0.717, 1.165) is 11.3 Å². The van der Waals surface area contributed by atoms with Crippen molar-refractivity contribution in [3.8, 4) is 17.9 Å². The van der Waals surface area contributed by atoms with Crippen LogP contribution < -0.4 is 10.1 Å². The zero-order valence-electron chi connectivity index (χ0n) is 13.3. The zero-order valence-corrected chi connectivity index (χ0v) is 13.3. The van der Waals surface area contributed by atoms with Crippen LogP contribution in [0.5, 0.6) is 5.75 Å². The first-order valence-electron chi connectivity index (χ1n) is 7.63. The topological polar surface area (TPSA) is 81.7 Å². The standard InChI is InChI=1S/C20H14N4O/c21-12-15-4-1-5-16(10-15)14-25-19-8-2-6-17(11-19)23-20-9-3-7-18(13-22)24-20/h1-11H,14H2,(H,23,24). The molecule has 0 aliphatic rings. The van der Waals surface area contributed by atoms with Crippen LogP contribution in [0.15, 0.2) is 66.7 Å². The van der Waals surface area contributed by atoms with Gasteiger partial charge in [-0.1, -0.05) is 24.3 Å². The summed E-state index contributed by atoms with van der Waals surface area (Å²) in [5.41, 5.74) is 2.71. The molecule has 0 aliphatic carbocycles. The number of nitrogens with one attached hydrogen (secondary N) is 1. The van der Waals surface area contributed by atoms with E-state index >= 15 is 0 Å². The van der Waals surface area contributed by atoms with Gasteiger partial charge in [0.1, 0.15) is 29.9 Å². The van der Waals surface area contributed by atoms with Gasteiger partial charge in [0.2, 0.25) is 0 Å². The zero-order chi connectivity index (χ0) is 17.5. The van der Waals surface area contributed by atoms with Gasteiger partial charge < -0.3 is 10.1 Å².